The highest BCUT2D eigenvalue weighted by atomic mass is 19.4. The number of carbonyl (C=O) groups is 1. The second kappa shape index (κ2) is 4.26. The Balaban J connectivity index is 1.50. The maximum Gasteiger partial charge on any atom is 0.396 e. The first-order chi connectivity index (χ1) is 10.3. The van der Waals surface area contributed by atoms with E-state index in [1.165, 1.54) is 4.90 Å². The lowest BCUT2D eigenvalue weighted by atomic mass is 10.1. The molecule has 2 saturated carbocycles. The lowest BCUT2D eigenvalue weighted by Gasteiger charge is -2.21. The zero-order valence-electron chi connectivity index (χ0n) is 12.2. The fraction of sp³-hybridized carbons (Fsp3) is 0.733. The van der Waals surface area contributed by atoms with Crippen LogP contribution in [0.3, 0.4) is 0 Å². The van der Waals surface area contributed by atoms with Gasteiger partial charge in [-0.15, -0.1) is 0 Å². The molecule has 1 amide bonds. The molecule has 1 aromatic heterocycles. The Kier molecular flexibility index (Phi) is 2.73. The van der Waals surface area contributed by atoms with Crippen molar-refractivity contribution in [1.29, 1.82) is 0 Å². The minimum atomic E-state index is -4.24. The van der Waals surface area contributed by atoms with Gasteiger partial charge in [0.2, 0.25) is 5.76 Å². The van der Waals surface area contributed by atoms with Crippen LogP contribution in [-0.2, 0) is 6.42 Å². The van der Waals surface area contributed by atoms with Crippen LogP contribution in [0.1, 0.15) is 41.4 Å². The molecule has 1 aliphatic heterocycles. The van der Waals surface area contributed by atoms with Gasteiger partial charge >= 0.3 is 6.18 Å². The van der Waals surface area contributed by atoms with E-state index in [4.69, 9.17) is 4.42 Å². The number of carbonyl (C=O) groups excluding carboxylic acids is 1. The molecule has 4 nitrogen and oxygen atoms in total. The van der Waals surface area contributed by atoms with E-state index in [1.807, 2.05) is 0 Å². The molecular weight excluding hydrogens is 297 g/mol. The molecule has 0 aromatic carbocycles. The zero-order chi connectivity index (χ0) is 15.7. The number of fused-ring (bicyclic) bond motifs is 1. The van der Waals surface area contributed by atoms with Crippen LogP contribution in [-0.4, -0.2) is 35.1 Å². The molecule has 2 heterocycles. The minimum Gasteiger partial charge on any atom is -0.435 e. The fourth-order valence-corrected chi connectivity index (χ4v) is 3.53. The number of likely N-dealkylation sites (tertiary alicyclic amines) is 1. The van der Waals surface area contributed by atoms with E-state index < -0.39 is 23.4 Å². The van der Waals surface area contributed by atoms with E-state index >= 15 is 0 Å². The molecule has 3 fully saturated rings. The molecule has 7 heteroatoms. The van der Waals surface area contributed by atoms with Crippen LogP contribution in [0.15, 0.2) is 4.42 Å². The second-order valence-corrected chi connectivity index (χ2v) is 6.91. The topological polar surface area (TPSA) is 46.3 Å². The third kappa shape index (κ3) is 2.05. The monoisotopic (exact) mass is 314 g/mol. The summed E-state index contributed by atoms with van der Waals surface area (Å²) in [5.41, 5.74) is -1.20. The molecule has 1 saturated heterocycles. The lowest BCUT2D eigenvalue weighted by Crippen LogP contribution is -2.36. The van der Waals surface area contributed by atoms with Crippen molar-refractivity contribution < 1.29 is 22.4 Å². The van der Waals surface area contributed by atoms with E-state index in [0.29, 0.717) is 23.9 Å². The Labute approximate surface area is 125 Å². The maximum absolute atomic E-state index is 13.1. The van der Waals surface area contributed by atoms with Crippen LogP contribution in [0.25, 0.3) is 0 Å². The Morgan fingerprint density at radius 1 is 1.45 bits per heavy atom. The predicted molar refractivity (Wildman–Crippen MR) is 70.2 cm³/mol. The number of aromatic nitrogens is 1. The summed E-state index contributed by atoms with van der Waals surface area (Å²) in [6, 6.07) is 0. The van der Waals surface area contributed by atoms with Crippen molar-refractivity contribution in [2.45, 2.75) is 38.8 Å². The molecule has 2 aliphatic carbocycles. The standard InChI is InChI=1S/C15H17F3N2O2/c1-8-12(22-11(19-8)4-9-2-3-9)13(21)20-6-10-5-14(10,7-20)15(16,17)18/h9-10H,2-7H2,1H3. The van der Waals surface area contributed by atoms with Crippen molar-refractivity contribution in [3.63, 3.8) is 0 Å². The third-order valence-corrected chi connectivity index (χ3v) is 5.19. The van der Waals surface area contributed by atoms with Crippen molar-refractivity contribution in [3.8, 4) is 0 Å². The molecular formula is C15H17F3N2O2. The van der Waals surface area contributed by atoms with Gasteiger partial charge in [0, 0.05) is 19.5 Å². The van der Waals surface area contributed by atoms with Gasteiger partial charge in [0.05, 0.1) is 11.1 Å². The normalized spacial score (nSPS) is 30.5. The Morgan fingerprint density at radius 2 is 2.18 bits per heavy atom. The van der Waals surface area contributed by atoms with Crippen LogP contribution < -0.4 is 0 Å². The van der Waals surface area contributed by atoms with Gasteiger partial charge in [0.1, 0.15) is 0 Å². The summed E-state index contributed by atoms with van der Waals surface area (Å²) in [5, 5.41) is 0. The highest BCUT2D eigenvalue weighted by Crippen LogP contribution is 2.66. The average Bonchev–Trinajstić information content (AvgIpc) is 3.30. The number of hydrogen-bond donors (Lipinski definition) is 0. The van der Waals surface area contributed by atoms with Gasteiger partial charge in [-0.2, -0.15) is 13.2 Å². The maximum atomic E-state index is 13.1. The molecule has 1 aromatic rings. The number of hydrogen-bond acceptors (Lipinski definition) is 3. The first-order valence-corrected chi connectivity index (χ1v) is 7.62. The van der Waals surface area contributed by atoms with Crippen LogP contribution in [0.5, 0.6) is 0 Å². The van der Waals surface area contributed by atoms with Crippen molar-refractivity contribution >= 4 is 5.91 Å². The SMILES string of the molecule is Cc1nc(CC2CC2)oc1C(=O)N1CC2CC2(C(F)(F)F)C1. The number of piperidine rings is 1. The third-order valence-electron chi connectivity index (χ3n) is 5.19. The van der Waals surface area contributed by atoms with Crippen LogP contribution in [0.2, 0.25) is 0 Å². The average molecular weight is 314 g/mol. The number of rotatable bonds is 3. The number of oxazole rings is 1. The molecule has 0 N–H and O–H groups in total. The highest BCUT2D eigenvalue weighted by molar-refractivity contribution is 5.92. The van der Waals surface area contributed by atoms with Gasteiger partial charge in [-0.1, -0.05) is 0 Å². The smallest absolute Gasteiger partial charge is 0.396 e. The largest absolute Gasteiger partial charge is 0.435 e. The Morgan fingerprint density at radius 3 is 2.77 bits per heavy atom. The number of amides is 1. The first-order valence-electron chi connectivity index (χ1n) is 7.62. The number of alkyl halides is 3. The van der Waals surface area contributed by atoms with Crippen LogP contribution in [0, 0.1) is 24.2 Å². The zero-order valence-corrected chi connectivity index (χ0v) is 12.2. The van der Waals surface area contributed by atoms with Gasteiger partial charge in [-0.05, 0) is 38.0 Å². The van der Waals surface area contributed by atoms with Gasteiger partial charge in [0.25, 0.3) is 5.91 Å². The molecule has 0 spiro atoms. The molecule has 120 valence electrons. The first kappa shape index (κ1) is 14.1. The minimum absolute atomic E-state index is 0.106. The van der Waals surface area contributed by atoms with Crippen LogP contribution in [0.4, 0.5) is 13.2 Å². The quantitative estimate of drug-likeness (QED) is 0.862. The van der Waals surface area contributed by atoms with E-state index in [1.54, 1.807) is 6.92 Å². The van der Waals surface area contributed by atoms with Gasteiger partial charge < -0.3 is 9.32 Å². The molecule has 4 rings (SSSR count). The lowest BCUT2D eigenvalue weighted by molar-refractivity contribution is -0.187. The Hall–Kier alpha value is -1.53. The summed E-state index contributed by atoms with van der Waals surface area (Å²) >= 11 is 0. The molecule has 0 radical (unpaired) electrons. The predicted octanol–water partition coefficient (Wildman–Crippen LogP) is 2.96. The molecule has 0 bridgehead atoms. The van der Waals surface area contributed by atoms with E-state index in [0.717, 1.165) is 12.8 Å². The van der Waals surface area contributed by atoms with Crippen molar-refractivity contribution in [3.05, 3.63) is 17.3 Å². The van der Waals surface area contributed by atoms with Crippen molar-refractivity contribution in [1.82, 2.24) is 9.88 Å². The summed E-state index contributed by atoms with van der Waals surface area (Å²) in [6.07, 6.45) is -1.09. The van der Waals surface area contributed by atoms with Gasteiger partial charge in [-0.3, -0.25) is 4.79 Å². The van der Waals surface area contributed by atoms with Crippen molar-refractivity contribution in [2.24, 2.45) is 17.3 Å². The van der Waals surface area contributed by atoms with Gasteiger partial charge in [-0.25, -0.2) is 4.98 Å². The van der Waals surface area contributed by atoms with Crippen molar-refractivity contribution in [2.75, 3.05) is 13.1 Å². The van der Waals surface area contributed by atoms with E-state index in [-0.39, 0.29) is 25.3 Å². The molecule has 2 unspecified atom stereocenters. The van der Waals surface area contributed by atoms with Crippen LogP contribution >= 0.6 is 0 Å². The summed E-state index contributed by atoms with van der Waals surface area (Å²) in [5.74, 6) is 0.301. The summed E-state index contributed by atoms with van der Waals surface area (Å²) in [6.45, 7) is 1.58. The number of nitrogens with zero attached hydrogens (tertiary/aromatic N) is 2. The van der Waals surface area contributed by atoms with Gasteiger partial charge in [0.15, 0.2) is 5.89 Å². The molecule has 2 atom stereocenters. The summed E-state index contributed by atoms with van der Waals surface area (Å²) < 4.78 is 44.8. The fourth-order valence-electron chi connectivity index (χ4n) is 3.53. The number of aryl methyl sites for hydroxylation is 1. The Bertz CT molecular complexity index is 635. The van der Waals surface area contributed by atoms with E-state index in [2.05, 4.69) is 4.98 Å². The van der Waals surface area contributed by atoms with E-state index in [9.17, 15) is 18.0 Å². The summed E-state index contributed by atoms with van der Waals surface area (Å²) in [7, 11) is 0. The molecule has 22 heavy (non-hydrogen) atoms. The number of halogens is 3. The summed E-state index contributed by atoms with van der Waals surface area (Å²) in [4.78, 5) is 18.0. The highest BCUT2D eigenvalue weighted by Gasteiger charge is 2.74. The molecule has 3 aliphatic rings. The second-order valence-electron chi connectivity index (χ2n) is 6.91.